The first-order valence-electron chi connectivity index (χ1n) is 5.48. The second-order valence-corrected chi connectivity index (χ2v) is 5.18. The van der Waals surface area contributed by atoms with Crippen LogP contribution in [0.2, 0.25) is 5.15 Å². The quantitative estimate of drug-likeness (QED) is 0.682. The molecule has 0 fully saturated rings. The Balaban J connectivity index is 1.90. The van der Waals surface area contributed by atoms with Gasteiger partial charge in [0, 0.05) is 18.6 Å². The van der Waals surface area contributed by atoms with Gasteiger partial charge in [0.2, 0.25) is 0 Å². The fourth-order valence-electron chi connectivity index (χ4n) is 1.76. The third kappa shape index (κ3) is 2.30. The lowest BCUT2D eigenvalue weighted by Gasteiger charge is -2.06. The van der Waals surface area contributed by atoms with E-state index in [4.69, 9.17) is 11.6 Å². The van der Waals surface area contributed by atoms with E-state index in [1.54, 1.807) is 23.6 Å². The van der Waals surface area contributed by atoms with Crippen LogP contribution < -0.4 is 0 Å². The summed E-state index contributed by atoms with van der Waals surface area (Å²) >= 11 is 7.47. The van der Waals surface area contributed by atoms with Crippen molar-refractivity contribution in [1.29, 1.82) is 0 Å². The molecule has 3 rings (SSSR count). The first-order valence-corrected chi connectivity index (χ1v) is 6.74. The van der Waals surface area contributed by atoms with Crippen molar-refractivity contribution >= 4 is 22.9 Å². The number of pyridine rings is 1. The minimum atomic E-state index is 0.517. The van der Waals surface area contributed by atoms with Crippen LogP contribution in [0.5, 0.6) is 0 Å². The second kappa shape index (κ2) is 4.92. The molecule has 90 valence electrons. The molecule has 0 amide bonds. The van der Waals surface area contributed by atoms with Gasteiger partial charge in [-0.1, -0.05) is 23.7 Å². The van der Waals surface area contributed by atoms with E-state index in [-0.39, 0.29) is 0 Å². The van der Waals surface area contributed by atoms with Crippen molar-refractivity contribution < 1.29 is 0 Å². The molecule has 3 nitrogen and oxygen atoms in total. The Bertz CT molecular complexity index is 629. The maximum Gasteiger partial charge on any atom is 0.150 e. The summed E-state index contributed by atoms with van der Waals surface area (Å²) in [6.45, 7) is 0.747. The molecule has 3 heterocycles. The maximum absolute atomic E-state index is 5.78. The van der Waals surface area contributed by atoms with Crippen LogP contribution in [0.1, 0.15) is 5.56 Å². The molecule has 3 aromatic rings. The van der Waals surface area contributed by atoms with Crippen molar-refractivity contribution in [2.75, 3.05) is 0 Å². The molecular weight excluding hydrogens is 266 g/mol. The average Bonchev–Trinajstić information content (AvgIpc) is 3.02. The van der Waals surface area contributed by atoms with Crippen LogP contribution in [-0.2, 0) is 6.54 Å². The molecular formula is C13H10ClN3S. The van der Waals surface area contributed by atoms with Gasteiger partial charge in [-0.05, 0) is 23.1 Å². The Morgan fingerprint density at radius 1 is 1.22 bits per heavy atom. The zero-order valence-corrected chi connectivity index (χ0v) is 11.0. The molecule has 0 saturated heterocycles. The highest BCUT2D eigenvalue weighted by atomic mass is 35.5. The highest BCUT2D eigenvalue weighted by Gasteiger charge is 2.07. The molecule has 0 saturated carbocycles. The number of imidazole rings is 1. The summed E-state index contributed by atoms with van der Waals surface area (Å²) in [6.07, 6.45) is 5.59. The maximum atomic E-state index is 5.78. The molecule has 3 aromatic heterocycles. The van der Waals surface area contributed by atoms with Crippen LogP contribution in [0.3, 0.4) is 0 Å². The topological polar surface area (TPSA) is 30.7 Å². The summed E-state index contributed by atoms with van der Waals surface area (Å²) in [5.74, 6) is 0.986. The fraction of sp³-hybridized carbons (Fsp3) is 0.0769. The number of rotatable bonds is 3. The largest absolute Gasteiger partial charge is 0.326 e. The fourth-order valence-corrected chi connectivity index (χ4v) is 2.61. The molecule has 0 aliphatic rings. The molecule has 0 aromatic carbocycles. The summed E-state index contributed by atoms with van der Waals surface area (Å²) in [6, 6.07) is 7.89. The van der Waals surface area contributed by atoms with Gasteiger partial charge in [0.15, 0.2) is 0 Å². The molecule has 0 aliphatic carbocycles. The van der Waals surface area contributed by atoms with E-state index in [1.165, 1.54) is 4.88 Å². The molecule has 0 bridgehead atoms. The number of thiophene rings is 1. The van der Waals surface area contributed by atoms with E-state index in [0.717, 1.165) is 17.9 Å². The normalized spacial score (nSPS) is 10.7. The predicted octanol–water partition coefficient (Wildman–Crippen LogP) is 3.71. The van der Waals surface area contributed by atoms with Gasteiger partial charge in [-0.25, -0.2) is 9.97 Å². The van der Waals surface area contributed by atoms with E-state index in [1.807, 2.05) is 24.5 Å². The summed E-state index contributed by atoms with van der Waals surface area (Å²) < 4.78 is 2.11. The minimum absolute atomic E-state index is 0.517. The lowest BCUT2D eigenvalue weighted by Crippen LogP contribution is -2.00. The molecule has 18 heavy (non-hydrogen) atoms. The van der Waals surface area contributed by atoms with Gasteiger partial charge in [0.1, 0.15) is 11.0 Å². The monoisotopic (exact) mass is 275 g/mol. The highest BCUT2D eigenvalue weighted by Crippen LogP contribution is 2.23. The standard InChI is InChI=1S/C13H10ClN3S/c14-12-4-3-10(8-16-12)9-17-6-5-15-13(17)11-2-1-7-18-11/h1-8H,9H2. The average molecular weight is 276 g/mol. The zero-order valence-electron chi connectivity index (χ0n) is 9.45. The van der Waals surface area contributed by atoms with E-state index in [9.17, 15) is 0 Å². The smallest absolute Gasteiger partial charge is 0.150 e. The van der Waals surface area contributed by atoms with Crippen molar-refractivity contribution in [3.8, 4) is 10.7 Å². The first kappa shape index (κ1) is 11.4. The van der Waals surface area contributed by atoms with Gasteiger partial charge in [-0.3, -0.25) is 0 Å². The molecule has 0 spiro atoms. The van der Waals surface area contributed by atoms with Crippen LogP contribution in [0.25, 0.3) is 10.7 Å². The summed E-state index contributed by atoms with van der Waals surface area (Å²) in [5, 5.41) is 2.57. The molecule has 0 radical (unpaired) electrons. The van der Waals surface area contributed by atoms with Gasteiger partial charge in [0.25, 0.3) is 0 Å². The lowest BCUT2D eigenvalue weighted by molar-refractivity contribution is 0.804. The molecule has 0 aliphatic heterocycles. The number of hydrogen-bond donors (Lipinski definition) is 0. The van der Waals surface area contributed by atoms with Crippen molar-refractivity contribution in [2.24, 2.45) is 0 Å². The third-order valence-electron chi connectivity index (χ3n) is 2.60. The highest BCUT2D eigenvalue weighted by molar-refractivity contribution is 7.13. The van der Waals surface area contributed by atoms with Gasteiger partial charge in [0.05, 0.1) is 11.4 Å². The molecule has 0 atom stereocenters. The van der Waals surface area contributed by atoms with Crippen molar-refractivity contribution in [3.63, 3.8) is 0 Å². The third-order valence-corrected chi connectivity index (χ3v) is 3.69. The van der Waals surface area contributed by atoms with Gasteiger partial charge in [-0.2, -0.15) is 0 Å². The first-order chi connectivity index (χ1) is 8.83. The van der Waals surface area contributed by atoms with Gasteiger partial charge >= 0.3 is 0 Å². The Morgan fingerprint density at radius 2 is 2.17 bits per heavy atom. The van der Waals surface area contributed by atoms with E-state index in [0.29, 0.717) is 5.15 Å². The number of nitrogens with zero attached hydrogens (tertiary/aromatic N) is 3. The number of halogens is 1. The summed E-state index contributed by atoms with van der Waals surface area (Å²) in [4.78, 5) is 9.65. The SMILES string of the molecule is Clc1ccc(Cn2ccnc2-c2cccs2)cn1. The van der Waals surface area contributed by atoms with Crippen LogP contribution in [0, 0.1) is 0 Å². The van der Waals surface area contributed by atoms with E-state index < -0.39 is 0 Å². The van der Waals surface area contributed by atoms with E-state index >= 15 is 0 Å². The van der Waals surface area contributed by atoms with Gasteiger partial charge in [-0.15, -0.1) is 11.3 Å². The summed E-state index contributed by atoms with van der Waals surface area (Å²) in [5.41, 5.74) is 1.11. The Kier molecular flexibility index (Phi) is 3.13. The second-order valence-electron chi connectivity index (χ2n) is 3.85. The zero-order chi connectivity index (χ0) is 12.4. The van der Waals surface area contributed by atoms with Crippen molar-refractivity contribution in [3.05, 3.63) is 59.0 Å². The Labute approximate surface area is 114 Å². The van der Waals surface area contributed by atoms with Crippen LogP contribution in [0.4, 0.5) is 0 Å². The Morgan fingerprint density at radius 3 is 2.89 bits per heavy atom. The van der Waals surface area contributed by atoms with E-state index in [2.05, 4.69) is 26.0 Å². The number of hydrogen-bond acceptors (Lipinski definition) is 3. The van der Waals surface area contributed by atoms with Crippen molar-refractivity contribution in [1.82, 2.24) is 14.5 Å². The Hall–Kier alpha value is -1.65. The molecule has 0 unspecified atom stereocenters. The molecule has 0 N–H and O–H groups in total. The molecule has 5 heteroatoms. The predicted molar refractivity (Wildman–Crippen MR) is 73.9 cm³/mol. The summed E-state index contributed by atoms with van der Waals surface area (Å²) in [7, 11) is 0. The van der Waals surface area contributed by atoms with Crippen molar-refractivity contribution in [2.45, 2.75) is 6.54 Å². The number of aromatic nitrogens is 3. The van der Waals surface area contributed by atoms with Crippen LogP contribution >= 0.6 is 22.9 Å². The van der Waals surface area contributed by atoms with Gasteiger partial charge < -0.3 is 4.57 Å². The van der Waals surface area contributed by atoms with Crippen LogP contribution in [-0.4, -0.2) is 14.5 Å². The van der Waals surface area contributed by atoms with Crippen LogP contribution in [0.15, 0.2) is 48.2 Å². The lowest BCUT2D eigenvalue weighted by atomic mass is 10.3. The minimum Gasteiger partial charge on any atom is -0.326 e.